The van der Waals surface area contributed by atoms with Gasteiger partial charge in [-0.2, -0.15) is 0 Å². The predicted octanol–water partition coefficient (Wildman–Crippen LogP) is 2.78. The highest BCUT2D eigenvalue weighted by Gasteiger charge is 2.15. The molecule has 0 unspecified atom stereocenters. The molecule has 104 valence electrons. The Balaban J connectivity index is 1.88. The Morgan fingerprint density at radius 3 is 2.25 bits per heavy atom. The molecular weight excluding hydrogens is 252 g/mol. The molecule has 1 heterocycles. The fourth-order valence-corrected chi connectivity index (χ4v) is 2.99. The number of hydrogen-bond donors (Lipinski definition) is 2. The fraction of sp³-hybridized carbons (Fsp3) is 0.375. The molecule has 4 nitrogen and oxygen atoms in total. The molecule has 20 heavy (non-hydrogen) atoms. The van der Waals surface area contributed by atoms with Crippen LogP contribution in [0.25, 0.3) is 11.3 Å². The van der Waals surface area contributed by atoms with Gasteiger partial charge in [0.25, 0.3) is 5.56 Å². The van der Waals surface area contributed by atoms with Crippen LogP contribution in [0.4, 0.5) is 0 Å². The zero-order valence-corrected chi connectivity index (χ0v) is 11.3. The number of hydrogen-bond acceptors (Lipinski definition) is 2. The van der Waals surface area contributed by atoms with Gasteiger partial charge in [-0.15, -0.1) is 0 Å². The minimum atomic E-state index is -0.469. The van der Waals surface area contributed by atoms with E-state index in [1.165, 1.54) is 43.7 Å². The van der Waals surface area contributed by atoms with Gasteiger partial charge in [-0.3, -0.25) is 9.78 Å². The van der Waals surface area contributed by atoms with Gasteiger partial charge in [0.05, 0.1) is 5.69 Å². The lowest BCUT2D eigenvalue weighted by atomic mass is 9.84. The highest BCUT2D eigenvalue weighted by molar-refractivity contribution is 5.58. The molecule has 0 bridgehead atoms. The summed E-state index contributed by atoms with van der Waals surface area (Å²) < 4.78 is 0. The molecule has 0 radical (unpaired) electrons. The van der Waals surface area contributed by atoms with Crippen LogP contribution in [0.3, 0.4) is 0 Å². The van der Waals surface area contributed by atoms with Gasteiger partial charge in [-0.25, -0.2) is 4.79 Å². The average Bonchev–Trinajstić information content (AvgIpc) is 2.47. The lowest BCUT2D eigenvalue weighted by molar-refractivity contribution is 0.443. The molecule has 0 atom stereocenters. The van der Waals surface area contributed by atoms with E-state index in [4.69, 9.17) is 0 Å². The summed E-state index contributed by atoms with van der Waals surface area (Å²) in [6.45, 7) is 0. The molecular formula is C16H18N2O2. The van der Waals surface area contributed by atoms with E-state index in [2.05, 4.69) is 22.1 Å². The molecule has 1 aromatic heterocycles. The van der Waals surface area contributed by atoms with Crippen LogP contribution in [0.5, 0.6) is 0 Å². The Bertz CT molecular complexity index is 663. The van der Waals surface area contributed by atoms with E-state index in [0.29, 0.717) is 11.6 Å². The maximum atomic E-state index is 11.3. The SMILES string of the molecule is O=c1cc(-c2ccc(C3CCCCC3)cc2)[nH]c(=O)[nH]1. The van der Waals surface area contributed by atoms with Crippen LogP contribution < -0.4 is 11.2 Å². The molecule has 1 aliphatic rings. The van der Waals surface area contributed by atoms with Crippen LogP contribution in [0.1, 0.15) is 43.6 Å². The Hall–Kier alpha value is -2.10. The number of nitrogens with one attached hydrogen (secondary N) is 2. The molecule has 0 saturated heterocycles. The largest absolute Gasteiger partial charge is 0.326 e. The first-order chi connectivity index (χ1) is 9.72. The number of aromatic nitrogens is 2. The summed E-state index contributed by atoms with van der Waals surface area (Å²) in [6.07, 6.45) is 6.51. The number of H-pyrrole nitrogens is 2. The quantitative estimate of drug-likeness (QED) is 0.881. The minimum absolute atomic E-state index is 0.375. The third kappa shape index (κ3) is 2.74. The Kier molecular flexibility index (Phi) is 3.54. The lowest BCUT2D eigenvalue weighted by Crippen LogP contribution is -2.21. The second-order valence-corrected chi connectivity index (χ2v) is 5.46. The van der Waals surface area contributed by atoms with Crippen LogP contribution in [-0.4, -0.2) is 9.97 Å². The monoisotopic (exact) mass is 270 g/mol. The number of rotatable bonds is 2. The topological polar surface area (TPSA) is 65.7 Å². The summed E-state index contributed by atoms with van der Waals surface area (Å²) in [5, 5.41) is 0. The van der Waals surface area contributed by atoms with Crippen molar-refractivity contribution in [3.63, 3.8) is 0 Å². The Morgan fingerprint density at radius 1 is 0.900 bits per heavy atom. The van der Waals surface area contributed by atoms with Crippen molar-refractivity contribution in [2.24, 2.45) is 0 Å². The van der Waals surface area contributed by atoms with Crippen molar-refractivity contribution in [3.05, 3.63) is 56.7 Å². The van der Waals surface area contributed by atoms with Gasteiger partial charge < -0.3 is 4.98 Å². The average molecular weight is 270 g/mol. The zero-order chi connectivity index (χ0) is 13.9. The molecule has 4 heteroatoms. The van der Waals surface area contributed by atoms with E-state index in [9.17, 15) is 9.59 Å². The van der Waals surface area contributed by atoms with Crippen LogP contribution in [-0.2, 0) is 0 Å². The van der Waals surface area contributed by atoms with Crippen molar-refractivity contribution < 1.29 is 0 Å². The van der Waals surface area contributed by atoms with E-state index in [1.807, 2.05) is 12.1 Å². The van der Waals surface area contributed by atoms with Crippen molar-refractivity contribution in [2.75, 3.05) is 0 Å². The summed E-state index contributed by atoms with van der Waals surface area (Å²) in [4.78, 5) is 27.4. The molecule has 1 aromatic carbocycles. The first-order valence-corrected chi connectivity index (χ1v) is 7.16. The second-order valence-electron chi connectivity index (χ2n) is 5.46. The molecule has 2 aromatic rings. The number of aromatic amines is 2. The van der Waals surface area contributed by atoms with Gasteiger partial charge in [0.15, 0.2) is 0 Å². The van der Waals surface area contributed by atoms with E-state index < -0.39 is 5.69 Å². The van der Waals surface area contributed by atoms with Crippen molar-refractivity contribution in [3.8, 4) is 11.3 Å². The Morgan fingerprint density at radius 2 is 1.60 bits per heavy atom. The molecule has 0 aliphatic heterocycles. The molecule has 1 saturated carbocycles. The molecule has 0 amide bonds. The third-order valence-electron chi connectivity index (χ3n) is 4.06. The van der Waals surface area contributed by atoms with Gasteiger partial charge >= 0.3 is 5.69 Å². The lowest BCUT2D eigenvalue weighted by Gasteiger charge is -2.22. The minimum Gasteiger partial charge on any atom is -0.307 e. The van der Waals surface area contributed by atoms with Gasteiger partial charge in [0, 0.05) is 6.07 Å². The maximum Gasteiger partial charge on any atom is 0.326 e. The maximum absolute atomic E-state index is 11.3. The van der Waals surface area contributed by atoms with Crippen molar-refractivity contribution in [2.45, 2.75) is 38.0 Å². The summed E-state index contributed by atoms with van der Waals surface area (Å²) in [5.74, 6) is 0.663. The summed E-state index contributed by atoms with van der Waals surface area (Å²) >= 11 is 0. The first-order valence-electron chi connectivity index (χ1n) is 7.16. The summed E-state index contributed by atoms with van der Waals surface area (Å²) in [6, 6.07) is 9.61. The third-order valence-corrected chi connectivity index (χ3v) is 4.06. The normalized spacial score (nSPS) is 16.2. The van der Waals surface area contributed by atoms with Crippen LogP contribution in [0.15, 0.2) is 39.9 Å². The standard InChI is InChI=1S/C16H18N2O2/c19-15-10-14(17-16(20)18-15)13-8-6-12(7-9-13)11-4-2-1-3-5-11/h6-11H,1-5H2,(H2,17,18,19,20). The molecule has 1 aliphatic carbocycles. The van der Waals surface area contributed by atoms with E-state index in [1.54, 1.807) is 0 Å². The smallest absolute Gasteiger partial charge is 0.307 e. The predicted molar refractivity (Wildman–Crippen MR) is 78.9 cm³/mol. The van der Waals surface area contributed by atoms with Crippen molar-refractivity contribution in [1.82, 2.24) is 9.97 Å². The van der Waals surface area contributed by atoms with Crippen molar-refractivity contribution in [1.29, 1.82) is 0 Å². The molecule has 2 N–H and O–H groups in total. The van der Waals surface area contributed by atoms with E-state index in [0.717, 1.165) is 5.56 Å². The summed E-state index contributed by atoms with van der Waals surface area (Å²) in [5.41, 5.74) is 1.95. The highest BCUT2D eigenvalue weighted by Crippen LogP contribution is 2.33. The van der Waals surface area contributed by atoms with Gasteiger partial charge in [-0.05, 0) is 29.9 Å². The molecule has 0 spiro atoms. The zero-order valence-electron chi connectivity index (χ0n) is 11.3. The second kappa shape index (κ2) is 5.49. The summed E-state index contributed by atoms with van der Waals surface area (Å²) in [7, 11) is 0. The van der Waals surface area contributed by atoms with Gasteiger partial charge in [-0.1, -0.05) is 43.5 Å². The van der Waals surface area contributed by atoms with Crippen LogP contribution in [0, 0.1) is 0 Å². The van der Waals surface area contributed by atoms with Crippen molar-refractivity contribution >= 4 is 0 Å². The Labute approximate surface area is 116 Å². The van der Waals surface area contributed by atoms with Crippen LogP contribution in [0.2, 0.25) is 0 Å². The first kappa shape index (κ1) is 12.9. The molecule has 3 rings (SSSR count). The van der Waals surface area contributed by atoms with E-state index >= 15 is 0 Å². The van der Waals surface area contributed by atoms with Gasteiger partial charge in [0.1, 0.15) is 0 Å². The molecule has 1 fully saturated rings. The number of benzene rings is 1. The van der Waals surface area contributed by atoms with Gasteiger partial charge in [0.2, 0.25) is 0 Å². The van der Waals surface area contributed by atoms with E-state index in [-0.39, 0.29) is 5.56 Å². The highest BCUT2D eigenvalue weighted by atomic mass is 16.2. The fourth-order valence-electron chi connectivity index (χ4n) is 2.99. The van der Waals surface area contributed by atoms with Crippen LogP contribution >= 0.6 is 0 Å².